The monoisotopic (exact) mass is 661 g/mol. The molecule has 1 aliphatic heterocycles. The van der Waals surface area contributed by atoms with Crippen LogP contribution in [0.1, 0.15) is 26.3 Å². The summed E-state index contributed by atoms with van der Waals surface area (Å²) >= 11 is 0. The number of carbonyl (C=O) groups excluding carboxylic acids is 2. The van der Waals surface area contributed by atoms with Crippen molar-refractivity contribution in [2.45, 2.75) is 6.92 Å². The second-order valence-electron chi connectivity index (χ2n) is 11.9. The fourth-order valence-electron chi connectivity index (χ4n) is 5.68. The predicted molar refractivity (Wildman–Crippen MR) is 197 cm³/mol. The molecule has 0 spiro atoms. The number of nitrogens with zero attached hydrogens (tertiary/aromatic N) is 4. The summed E-state index contributed by atoms with van der Waals surface area (Å²) in [6.07, 6.45) is 4.69. The van der Waals surface area contributed by atoms with Gasteiger partial charge in [0.2, 0.25) is 5.95 Å². The molecule has 0 unspecified atom stereocenters. The van der Waals surface area contributed by atoms with Gasteiger partial charge < -0.3 is 25.6 Å². The van der Waals surface area contributed by atoms with Gasteiger partial charge in [-0.15, -0.1) is 0 Å². The van der Waals surface area contributed by atoms with Crippen LogP contribution in [0.4, 0.5) is 28.7 Å². The molecule has 0 aliphatic carbocycles. The van der Waals surface area contributed by atoms with Crippen molar-refractivity contribution in [2.75, 3.05) is 47.2 Å². The number of benzene rings is 4. The lowest BCUT2D eigenvalue weighted by molar-refractivity contribution is 0.101. The molecule has 50 heavy (non-hydrogen) atoms. The van der Waals surface area contributed by atoms with Crippen LogP contribution in [0.25, 0.3) is 22.4 Å². The van der Waals surface area contributed by atoms with E-state index in [2.05, 4.69) is 55.1 Å². The topological polar surface area (TPSA) is 121 Å². The van der Waals surface area contributed by atoms with Crippen LogP contribution in [-0.2, 0) is 4.74 Å². The van der Waals surface area contributed by atoms with Gasteiger partial charge in [-0.25, -0.2) is 9.97 Å². The smallest absolute Gasteiger partial charge is 0.257 e. The van der Waals surface area contributed by atoms with Gasteiger partial charge in [0.25, 0.3) is 11.8 Å². The van der Waals surface area contributed by atoms with Gasteiger partial charge >= 0.3 is 0 Å². The summed E-state index contributed by atoms with van der Waals surface area (Å²) in [5.41, 5.74) is 8.51. The largest absolute Gasteiger partial charge is 0.378 e. The molecule has 1 fully saturated rings. The number of anilines is 5. The van der Waals surface area contributed by atoms with Gasteiger partial charge in [0, 0.05) is 53.7 Å². The standard InChI is InChI=1S/C40H35N7O3/c1-27-7-14-33(24-37(27)46-40-42-18-17-36(45-40)30-12-15-35(16-13-30)47-19-21-50-22-20-47)43-39(49)32-23-34(26-41-25-32)44-38(48)31-10-8-29(9-11-31)28-5-3-2-4-6-28/h2-18,23-26H,19-22H2,1H3,(H,43,49)(H,44,48)(H,42,45,46). The van der Waals surface area contributed by atoms with Gasteiger partial charge in [0.15, 0.2) is 0 Å². The Balaban J connectivity index is 0.994. The van der Waals surface area contributed by atoms with E-state index in [4.69, 9.17) is 9.72 Å². The highest BCUT2D eigenvalue weighted by molar-refractivity contribution is 6.07. The zero-order valence-electron chi connectivity index (χ0n) is 27.5. The van der Waals surface area contributed by atoms with Crippen molar-refractivity contribution in [1.29, 1.82) is 0 Å². The second kappa shape index (κ2) is 14.8. The average molecular weight is 662 g/mol. The third kappa shape index (κ3) is 7.67. The summed E-state index contributed by atoms with van der Waals surface area (Å²) in [4.78, 5) is 41.9. The first-order valence-electron chi connectivity index (χ1n) is 16.4. The Morgan fingerprint density at radius 2 is 1.40 bits per heavy atom. The van der Waals surface area contributed by atoms with Crippen LogP contribution >= 0.6 is 0 Å². The van der Waals surface area contributed by atoms with Crippen molar-refractivity contribution in [3.05, 3.63) is 144 Å². The van der Waals surface area contributed by atoms with Crippen molar-refractivity contribution in [2.24, 2.45) is 0 Å². The zero-order valence-corrected chi connectivity index (χ0v) is 27.5. The molecule has 3 heterocycles. The predicted octanol–water partition coefficient (Wildman–Crippen LogP) is 7.60. The van der Waals surface area contributed by atoms with E-state index in [1.807, 2.05) is 73.7 Å². The molecule has 3 N–H and O–H groups in total. The van der Waals surface area contributed by atoms with Crippen molar-refractivity contribution >= 4 is 40.5 Å². The number of aromatic nitrogens is 3. The molecule has 0 radical (unpaired) electrons. The van der Waals surface area contributed by atoms with Crippen molar-refractivity contribution in [1.82, 2.24) is 15.0 Å². The third-order valence-electron chi connectivity index (χ3n) is 8.45. The maximum absolute atomic E-state index is 13.3. The molecule has 2 amide bonds. The maximum Gasteiger partial charge on any atom is 0.257 e. The number of rotatable bonds is 9. The summed E-state index contributed by atoms with van der Waals surface area (Å²) in [5, 5.41) is 9.08. The van der Waals surface area contributed by atoms with Gasteiger partial charge in [0.05, 0.1) is 36.4 Å². The molecular formula is C40H35N7O3. The van der Waals surface area contributed by atoms with E-state index in [1.165, 1.54) is 12.4 Å². The quantitative estimate of drug-likeness (QED) is 0.145. The number of hydrogen-bond acceptors (Lipinski definition) is 8. The van der Waals surface area contributed by atoms with Gasteiger partial charge in [-0.3, -0.25) is 14.6 Å². The van der Waals surface area contributed by atoms with Gasteiger partial charge in [-0.2, -0.15) is 0 Å². The van der Waals surface area contributed by atoms with E-state index in [9.17, 15) is 9.59 Å². The number of ether oxygens (including phenoxy) is 1. The average Bonchev–Trinajstić information content (AvgIpc) is 3.17. The summed E-state index contributed by atoms with van der Waals surface area (Å²) in [6.45, 7) is 5.21. The van der Waals surface area contributed by atoms with Crippen LogP contribution in [0.5, 0.6) is 0 Å². The molecule has 0 bridgehead atoms. The molecule has 1 aliphatic rings. The maximum atomic E-state index is 13.3. The van der Waals surface area contributed by atoms with Crippen molar-refractivity contribution < 1.29 is 14.3 Å². The molecule has 7 rings (SSSR count). The highest BCUT2D eigenvalue weighted by Gasteiger charge is 2.14. The Kier molecular flexibility index (Phi) is 9.52. The number of pyridine rings is 1. The van der Waals surface area contributed by atoms with Crippen LogP contribution in [0.3, 0.4) is 0 Å². The molecular weight excluding hydrogens is 626 g/mol. The molecule has 4 aromatic carbocycles. The summed E-state index contributed by atoms with van der Waals surface area (Å²) < 4.78 is 5.47. The van der Waals surface area contributed by atoms with Gasteiger partial charge in [-0.05, 0) is 72.1 Å². The molecule has 10 heteroatoms. The molecule has 248 valence electrons. The molecule has 6 aromatic rings. The van der Waals surface area contributed by atoms with Crippen LogP contribution in [-0.4, -0.2) is 53.1 Å². The number of morpholine rings is 1. The van der Waals surface area contributed by atoms with Crippen LogP contribution in [0.15, 0.2) is 128 Å². The third-order valence-corrected chi connectivity index (χ3v) is 8.45. The lowest BCUT2D eigenvalue weighted by Crippen LogP contribution is -2.36. The Morgan fingerprint density at radius 1 is 0.700 bits per heavy atom. The minimum absolute atomic E-state index is 0.297. The lowest BCUT2D eigenvalue weighted by Gasteiger charge is -2.28. The van der Waals surface area contributed by atoms with E-state index in [-0.39, 0.29) is 11.8 Å². The van der Waals surface area contributed by atoms with Crippen LogP contribution in [0.2, 0.25) is 0 Å². The van der Waals surface area contributed by atoms with Crippen LogP contribution in [0, 0.1) is 6.92 Å². The van der Waals surface area contributed by atoms with E-state index in [1.54, 1.807) is 24.4 Å². The highest BCUT2D eigenvalue weighted by Crippen LogP contribution is 2.27. The van der Waals surface area contributed by atoms with E-state index in [0.717, 1.165) is 65.6 Å². The zero-order chi connectivity index (χ0) is 34.3. The minimum Gasteiger partial charge on any atom is -0.378 e. The highest BCUT2D eigenvalue weighted by atomic mass is 16.5. The Bertz CT molecular complexity index is 2110. The molecule has 2 aromatic heterocycles. The number of nitrogens with one attached hydrogen (secondary N) is 3. The Hall–Kier alpha value is -6.39. The number of carbonyl (C=O) groups is 2. The summed E-state index contributed by atoms with van der Waals surface area (Å²) in [7, 11) is 0. The first-order valence-corrected chi connectivity index (χ1v) is 16.4. The van der Waals surface area contributed by atoms with E-state index >= 15 is 0 Å². The minimum atomic E-state index is -0.366. The fourth-order valence-corrected chi connectivity index (χ4v) is 5.68. The molecule has 1 saturated heterocycles. The van der Waals surface area contributed by atoms with Crippen molar-refractivity contribution in [3.63, 3.8) is 0 Å². The van der Waals surface area contributed by atoms with Gasteiger partial charge in [-0.1, -0.05) is 60.7 Å². The fraction of sp³-hybridized carbons (Fsp3) is 0.125. The van der Waals surface area contributed by atoms with E-state index in [0.29, 0.717) is 28.5 Å². The number of amides is 2. The van der Waals surface area contributed by atoms with Gasteiger partial charge in [0.1, 0.15) is 0 Å². The number of aryl methyl sites for hydroxylation is 1. The SMILES string of the molecule is Cc1ccc(NC(=O)c2cncc(NC(=O)c3ccc(-c4ccccc4)cc3)c2)cc1Nc1nccc(-c2ccc(N3CCOCC3)cc2)n1. The van der Waals surface area contributed by atoms with Crippen molar-refractivity contribution in [3.8, 4) is 22.4 Å². The Morgan fingerprint density at radius 3 is 2.18 bits per heavy atom. The second-order valence-corrected chi connectivity index (χ2v) is 11.9. The molecule has 0 saturated carbocycles. The normalized spacial score (nSPS) is 12.6. The Labute approximate surface area is 290 Å². The van der Waals surface area contributed by atoms with Crippen LogP contribution < -0.4 is 20.9 Å². The summed E-state index contributed by atoms with van der Waals surface area (Å²) in [6, 6.07) is 34.7. The number of hydrogen-bond donors (Lipinski definition) is 3. The molecule has 0 atom stereocenters. The summed E-state index contributed by atoms with van der Waals surface area (Å²) in [5.74, 6) is -0.224. The van der Waals surface area contributed by atoms with E-state index < -0.39 is 0 Å². The molecule has 10 nitrogen and oxygen atoms in total. The lowest BCUT2D eigenvalue weighted by atomic mass is 10.0. The first-order chi connectivity index (χ1) is 24.5. The first kappa shape index (κ1) is 32.2.